The van der Waals surface area contributed by atoms with Crippen LogP contribution in [0.2, 0.25) is 0 Å². The summed E-state index contributed by atoms with van der Waals surface area (Å²) in [6.45, 7) is 3.82. The van der Waals surface area contributed by atoms with Crippen molar-refractivity contribution in [3.63, 3.8) is 0 Å². The van der Waals surface area contributed by atoms with Gasteiger partial charge in [-0.3, -0.25) is 0 Å². The highest BCUT2D eigenvalue weighted by atomic mass is 16.5. The minimum absolute atomic E-state index is 0.0794. The fourth-order valence-corrected chi connectivity index (χ4v) is 2.20. The van der Waals surface area contributed by atoms with Crippen molar-refractivity contribution < 1.29 is 19.7 Å². The summed E-state index contributed by atoms with van der Waals surface area (Å²) in [5, 5.41) is 21.8. The van der Waals surface area contributed by atoms with Gasteiger partial charge in [-0.2, -0.15) is 0 Å². The lowest BCUT2D eigenvalue weighted by atomic mass is 10.2. The van der Waals surface area contributed by atoms with Crippen molar-refractivity contribution in [3.8, 4) is 11.5 Å². The van der Waals surface area contributed by atoms with Crippen LogP contribution in [0.3, 0.4) is 0 Å². The van der Waals surface area contributed by atoms with E-state index >= 15 is 0 Å². The van der Waals surface area contributed by atoms with E-state index < -0.39 is 0 Å². The van der Waals surface area contributed by atoms with Crippen LogP contribution in [0.1, 0.15) is 24.8 Å². The standard InChI is InChI=1S/C15H23NO4/c17-14-5-4-12(9-15(14)18)10-16-6-2-7-19-11-13-3-1-8-20-13/h4-5,9,13,16-18H,1-3,6-8,10-11H2. The third-order valence-electron chi connectivity index (χ3n) is 3.34. The number of phenolic OH excluding ortho intramolecular Hbond substituents is 2. The summed E-state index contributed by atoms with van der Waals surface area (Å²) in [4.78, 5) is 0. The van der Waals surface area contributed by atoms with Crippen molar-refractivity contribution in [3.05, 3.63) is 23.8 Å². The molecular weight excluding hydrogens is 258 g/mol. The first-order valence-electron chi connectivity index (χ1n) is 7.16. The van der Waals surface area contributed by atoms with Crippen molar-refractivity contribution in [1.82, 2.24) is 5.32 Å². The molecule has 0 bridgehead atoms. The first-order chi connectivity index (χ1) is 9.75. The van der Waals surface area contributed by atoms with Gasteiger partial charge in [0.2, 0.25) is 0 Å². The predicted octanol–water partition coefficient (Wildman–Crippen LogP) is 1.77. The smallest absolute Gasteiger partial charge is 0.157 e. The quantitative estimate of drug-likeness (QED) is 0.500. The summed E-state index contributed by atoms with van der Waals surface area (Å²) in [7, 11) is 0. The fourth-order valence-electron chi connectivity index (χ4n) is 2.20. The molecule has 0 radical (unpaired) electrons. The van der Waals surface area contributed by atoms with E-state index in [1.807, 2.05) is 0 Å². The molecule has 1 heterocycles. The van der Waals surface area contributed by atoms with Crippen molar-refractivity contribution in [1.29, 1.82) is 0 Å². The van der Waals surface area contributed by atoms with Crippen LogP contribution < -0.4 is 5.32 Å². The van der Waals surface area contributed by atoms with Crippen LogP contribution in [-0.4, -0.2) is 42.7 Å². The molecule has 1 aliphatic heterocycles. The van der Waals surface area contributed by atoms with Crippen LogP contribution in [0.25, 0.3) is 0 Å². The van der Waals surface area contributed by atoms with Gasteiger partial charge in [-0.05, 0) is 43.5 Å². The monoisotopic (exact) mass is 281 g/mol. The summed E-state index contributed by atoms with van der Waals surface area (Å²) in [5.41, 5.74) is 0.945. The minimum atomic E-state index is -0.0868. The number of hydrogen-bond acceptors (Lipinski definition) is 5. The number of phenols is 2. The number of ether oxygens (including phenoxy) is 2. The molecule has 1 aliphatic rings. The molecule has 1 fully saturated rings. The minimum Gasteiger partial charge on any atom is -0.504 e. The molecule has 112 valence electrons. The molecule has 0 spiro atoms. The van der Waals surface area contributed by atoms with E-state index in [0.29, 0.717) is 19.3 Å². The molecule has 0 amide bonds. The Morgan fingerprint density at radius 3 is 2.95 bits per heavy atom. The van der Waals surface area contributed by atoms with Gasteiger partial charge >= 0.3 is 0 Å². The van der Waals surface area contributed by atoms with Gasteiger partial charge in [-0.1, -0.05) is 6.07 Å². The third kappa shape index (κ3) is 5.00. The van der Waals surface area contributed by atoms with E-state index in [2.05, 4.69) is 5.32 Å². The van der Waals surface area contributed by atoms with Crippen LogP contribution in [0.15, 0.2) is 18.2 Å². The summed E-state index contributed by atoms with van der Waals surface area (Å²) in [5.74, 6) is -0.166. The van der Waals surface area contributed by atoms with E-state index in [-0.39, 0.29) is 11.5 Å². The Morgan fingerprint density at radius 2 is 2.20 bits per heavy atom. The largest absolute Gasteiger partial charge is 0.504 e. The molecular formula is C15H23NO4. The number of hydrogen-bond donors (Lipinski definition) is 3. The highest BCUT2D eigenvalue weighted by molar-refractivity contribution is 5.40. The molecule has 5 heteroatoms. The van der Waals surface area contributed by atoms with Crippen molar-refractivity contribution >= 4 is 0 Å². The first-order valence-corrected chi connectivity index (χ1v) is 7.16. The number of nitrogens with one attached hydrogen (secondary N) is 1. The summed E-state index contributed by atoms with van der Waals surface area (Å²) < 4.78 is 11.0. The second kappa shape index (κ2) is 8.09. The Labute approximate surface area is 119 Å². The second-order valence-electron chi connectivity index (χ2n) is 5.06. The highest BCUT2D eigenvalue weighted by Crippen LogP contribution is 2.24. The van der Waals surface area contributed by atoms with Gasteiger partial charge in [0.15, 0.2) is 11.5 Å². The number of benzene rings is 1. The SMILES string of the molecule is Oc1ccc(CNCCCOCC2CCCO2)cc1O. The second-order valence-corrected chi connectivity index (χ2v) is 5.06. The molecule has 1 aromatic rings. The van der Waals surface area contributed by atoms with Crippen LogP contribution in [0.5, 0.6) is 11.5 Å². The van der Waals surface area contributed by atoms with Gasteiger partial charge in [0.1, 0.15) is 0 Å². The van der Waals surface area contributed by atoms with E-state index in [1.54, 1.807) is 12.1 Å². The van der Waals surface area contributed by atoms with Gasteiger partial charge < -0.3 is 25.0 Å². The molecule has 3 N–H and O–H groups in total. The number of aromatic hydroxyl groups is 2. The zero-order valence-corrected chi connectivity index (χ0v) is 11.7. The highest BCUT2D eigenvalue weighted by Gasteiger charge is 2.14. The lowest BCUT2D eigenvalue weighted by Gasteiger charge is -2.10. The molecule has 2 rings (SSSR count). The molecule has 1 unspecified atom stereocenters. The van der Waals surface area contributed by atoms with Crippen LogP contribution >= 0.6 is 0 Å². The van der Waals surface area contributed by atoms with Gasteiger partial charge in [0.05, 0.1) is 12.7 Å². The molecule has 0 aromatic heterocycles. The Bertz CT molecular complexity index is 405. The summed E-state index contributed by atoms with van der Waals surface area (Å²) in [6.07, 6.45) is 3.50. The van der Waals surface area contributed by atoms with Crippen LogP contribution in [-0.2, 0) is 16.0 Å². The van der Waals surface area contributed by atoms with Gasteiger partial charge in [0, 0.05) is 19.8 Å². The molecule has 20 heavy (non-hydrogen) atoms. The maximum Gasteiger partial charge on any atom is 0.157 e. The molecule has 5 nitrogen and oxygen atoms in total. The number of rotatable bonds is 8. The van der Waals surface area contributed by atoms with E-state index in [1.165, 1.54) is 6.07 Å². The molecule has 1 atom stereocenters. The van der Waals surface area contributed by atoms with Crippen molar-refractivity contribution in [2.75, 3.05) is 26.4 Å². The first kappa shape index (κ1) is 15.1. The fraction of sp³-hybridized carbons (Fsp3) is 0.600. The van der Waals surface area contributed by atoms with Crippen molar-refractivity contribution in [2.45, 2.75) is 31.9 Å². The molecule has 1 aromatic carbocycles. The lowest BCUT2D eigenvalue weighted by Crippen LogP contribution is -2.18. The van der Waals surface area contributed by atoms with Crippen molar-refractivity contribution in [2.24, 2.45) is 0 Å². The van der Waals surface area contributed by atoms with Gasteiger partial charge in [-0.25, -0.2) is 0 Å². The topological polar surface area (TPSA) is 71.0 Å². The van der Waals surface area contributed by atoms with E-state index in [4.69, 9.17) is 9.47 Å². The normalized spacial score (nSPS) is 18.5. The average molecular weight is 281 g/mol. The Balaban J connectivity index is 1.49. The molecule has 0 aliphatic carbocycles. The Kier molecular flexibility index (Phi) is 6.11. The predicted molar refractivity (Wildman–Crippen MR) is 75.9 cm³/mol. The maximum absolute atomic E-state index is 9.37. The Hall–Kier alpha value is -1.30. The van der Waals surface area contributed by atoms with Gasteiger partial charge in [0.25, 0.3) is 0 Å². The zero-order chi connectivity index (χ0) is 14.2. The maximum atomic E-state index is 9.37. The third-order valence-corrected chi connectivity index (χ3v) is 3.34. The van der Waals surface area contributed by atoms with Crippen LogP contribution in [0.4, 0.5) is 0 Å². The molecule has 1 saturated heterocycles. The molecule has 0 saturated carbocycles. The van der Waals surface area contributed by atoms with E-state index in [0.717, 1.165) is 44.6 Å². The average Bonchev–Trinajstić information content (AvgIpc) is 2.95. The summed E-state index contributed by atoms with van der Waals surface area (Å²) in [6, 6.07) is 4.85. The Morgan fingerprint density at radius 1 is 1.30 bits per heavy atom. The van der Waals surface area contributed by atoms with Crippen LogP contribution in [0, 0.1) is 0 Å². The van der Waals surface area contributed by atoms with E-state index in [9.17, 15) is 10.2 Å². The summed E-state index contributed by atoms with van der Waals surface area (Å²) >= 11 is 0. The lowest BCUT2D eigenvalue weighted by molar-refractivity contribution is 0.0166. The zero-order valence-electron chi connectivity index (χ0n) is 11.7. The van der Waals surface area contributed by atoms with Gasteiger partial charge in [-0.15, -0.1) is 0 Å².